The number of phenolic OH excluding ortho intramolecular Hbond substituents is 1. The third-order valence-electron chi connectivity index (χ3n) is 1.62. The molecule has 0 aliphatic carbocycles. The molecule has 0 radical (unpaired) electrons. The van der Waals surface area contributed by atoms with Crippen LogP contribution in [0.15, 0.2) is 18.2 Å². The van der Waals surface area contributed by atoms with Gasteiger partial charge >= 0.3 is 0 Å². The van der Waals surface area contributed by atoms with Crippen LogP contribution in [-0.2, 0) is 5.33 Å². The fourth-order valence-electron chi connectivity index (χ4n) is 1.10. The molecule has 2 nitrogen and oxygen atoms in total. The van der Waals surface area contributed by atoms with Gasteiger partial charge in [0.2, 0.25) is 0 Å². The summed E-state index contributed by atoms with van der Waals surface area (Å²) in [4.78, 5) is 11.1. The summed E-state index contributed by atoms with van der Waals surface area (Å²) in [6, 6.07) is 5.05. The molecule has 0 spiro atoms. The van der Waals surface area contributed by atoms with Crippen LogP contribution in [0.1, 0.15) is 22.8 Å². The van der Waals surface area contributed by atoms with Crippen molar-refractivity contribution in [1.29, 1.82) is 0 Å². The van der Waals surface area contributed by atoms with Crippen molar-refractivity contribution < 1.29 is 9.90 Å². The van der Waals surface area contributed by atoms with E-state index in [1.165, 1.54) is 13.0 Å². The minimum absolute atomic E-state index is 0.0550. The number of aromatic hydroxyl groups is 1. The van der Waals surface area contributed by atoms with Crippen molar-refractivity contribution in [2.45, 2.75) is 12.3 Å². The van der Waals surface area contributed by atoms with Crippen molar-refractivity contribution in [3.8, 4) is 5.75 Å². The van der Waals surface area contributed by atoms with E-state index in [2.05, 4.69) is 15.9 Å². The summed E-state index contributed by atoms with van der Waals surface area (Å²) in [5, 5.41) is 9.93. The van der Waals surface area contributed by atoms with Crippen molar-refractivity contribution in [2.75, 3.05) is 0 Å². The number of Topliss-reactive ketones (excluding diaryl/α,β-unsaturated/α-hetero) is 1. The molecule has 0 heterocycles. The van der Waals surface area contributed by atoms with Gasteiger partial charge in [-0.05, 0) is 18.6 Å². The van der Waals surface area contributed by atoms with E-state index < -0.39 is 0 Å². The van der Waals surface area contributed by atoms with Crippen molar-refractivity contribution in [3.05, 3.63) is 29.3 Å². The molecule has 64 valence electrons. The Morgan fingerprint density at radius 3 is 2.67 bits per heavy atom. The Morgan fingerprint density at radius 2 is 2.25 bits per heavy atom. The normalized spacial score (nSPS) is 9.83. The lowest BCUT2D eigenvalue weighted by molar-refractivity contribution is 0.101. The Labute approximate surface area is 79.3 Å². The van der Waals surface area contributed by atoms with Gasteiger partial charge in [0.1, 0.15) is 5.75 Å². The zero-order chi connectivity index (χ0) is 9.14. The fourth-order valence-corrected chi connectivity index (χ4v) is 1.57. The average molecular weight is 229 g/mol. The Bertz CT molecular complexity index is 307. The second-order valence-electron chi connectivity index (χ2n) is 2.50. The summed E-state index contributed by atoms with van der Waals surface area (Å²) in [7, 11) is 0. The van der Waals surface area contributed by atoms with E-state index in [0.29, 0.717) is 10.9 Å². The van der Waals surface area contributed by atoms with E-state index >= 15 is 0 Å². The van der Waals surface area contributed by atoms with E-state index in [0.717, 1.165) is 5.56 Å². The highest BCUT2D eigenvalue weighted by atomic mass is 79.9. The van der Waals surface area contributed by atoms with E-state index in [1.54, 1.807) is 6.07 Å². The summed E-state index contributed by atoms with van der Waals surface area (Å²) in [6.07, 6.45) is 0. The molecular weight excluding hydrogens is 220 g/mol. The maximum absolute atomic E-state index is 11.1. The third-order valence-corrected chi connectivity index (χ3v) is 2.23. The maximum Gasteiger partial charge on any atom is 0.163 e. The summed E-state index contributed by atoms with van der Waals surface area (Å²) in [6.45, 7) is 1.45. The molecule has 0 saturated carbocycles. The van der Waals surface area contributed by atoms with Crippen LogP contribution < -0.4 is 0 Å². The number of hydrogen-bond donors (Lipinski definition) is 1. The topological polar surface area (TPSA) is 37.3 Å². The van der Waals surface area contributed by atoms with Gasteiger partial charge in [0.25, 0.3) is 0 Å². The average Bonchev–Trinajstić information content (AvgIpc) is 2.03. The largest absolute Gasteiger partial charge is 0.507 e. The molecule has 0 fully saturated rings. The third kappa shape index (κ3) is 1.67. The molecule has 0 bridgehead atoms. The van der Waals surface area contributed by atoms with Gasteiger partial charge in [0.15, 0.2) is 5.78 Å². The number of ketones is 1. The number of hydrogen-bond acceptors (Lipinski definition) is 2. The number of alkyl halides is 1. The van der Waals surface area contributed by atoms with E-state index in [4.69, 9.17) is 0 Å². The second kappa shape index (κ2) is 3.72. The molecule has 1 aromatic carbocycles. The molecule has 3 heteroatoms. The molecular formula is C9H9BrO2. The van der Waals surface area contributed by atoms with Crippen molar-refractivity contribution in [3.63, 3.8) is 0 Å². The lowest BCUT2D eigenvalue weighted by atomic mass is 10.0. The molecule has 0 unspecified atom stereocenters. The number of rotatable bonds is 2. The monoisotopic (exact) mass is 228 g/mol. The van der Waals surface area contributed by atoms with Crippen LogP contribution in [-0.4, -0.2) is 10.9 Å². The van der Waals surface area contributed by atoms with Gasteiger partial charge < -0.3 is 5.11 Å². The van der Waals surface area contributed by atoms with Crippen LogP contribution in [0.2, 0.25) is 0 Å². The number of halogens is 1. The first-order chi connectivity index (χ1) is 5.66. The molecule has 0 amide bonds. The maximum atomic E-state index is 11.1. The first kappa shape index (κ1) is 9.26. The Hall–Kier alpha value is -0.830. The fraction of sp³-hybridized carbons (Fsp3) is 0.222. The van der Waals surface area contributed by atoms with Gasteiger partial charge in [-0.15, -0.1) is 0 Å². The summed E-state index contributed by atoms with van der Waals surface area (Å²) >= 11 is 3.25. The highest BCUT2D eigenvalue weighted by Gasteiger charge is 2.10. The molecule has 0 atom stereocenters. The zero-order valence-corrected chi connectivity index (χ0v) is 8.26. The van der Waals surface area contributed by atoms with Crippen molar-refractivity contribution in [2.24, 2.45) is 0 Å². The number of phenols is 1. The SMILES string of the molecule is CC(=O)c1c(O)cccc1CBr. The summed E-state index contributed by atoms with van der Waals surface area (Å²) in [5.41, 5.74) is 1.23. The predicted octanol–water partition coefficient (Wildman–Crippen LogP) is 2.49. The zero-order valence-electron chi connectivity index (χ0n) is 6.67. The highest BCUT2D eigenvalue weighted by Crippen LogP contribution is 2.23. The van der Waals surface area contributed by atoms with Crippen molar-refractivity contribution in [1.82, 2.24) is 0 Å². The van der Waals surface area contributed by atoms with Crippen LogP contribution in [0.5, 0.6) is 5.75 Å². The van der Waals surface area contributed by atoms with Gasteiger partial charge in [-0.25, -0.2) is 0 Å². The molecule has 1 aromatic rings. The second-order valence-corrected chi connectivity index (χ2v) is 3.06. The first-order valence-electron chi connectivity index (χ1n) is 3.54. The summed E-state index contributed by atoms with van der Waals surface area (Å²) in [5.74, 6) is -0.0537. The van der Waals surface area contributed by atoms with E-state index in [9.17, 15) is 9.90 Å². The standard InChI is InChI=1S/C9H9BrO2/c1-6(11)9-7(5-10)3-2-4-8(9)12/h2-4,12H,5H2,1H3. The Balaban J connectivity index is 3.29. The smallest absolute Gasteiger partial charge is 0.163 e. The number of benzene rings is 1. The van der Waals surface area contributed by atoms with Gasteiger partial charge in [-0.1, -0.05) is 28.1 Å². The molecule has 0 saturated heterocycles. The molecule has 1 rings (SSSR count). The Morgan fingerprint density at radius 1 is 1.58 bits per heavy atom. The molecule has 0 aliphatic heterocycles. The van der Waals surface area contributed by atoms with Crippen molar-refractivity contribution >= 4 is 21.7 Å². The minimum atomic E-state index is -0.109. The van der Waals surface area contributed by atoms with Gasteiger partial charge in [-0.3, -0.25) is 4.79 Å². The van der Waals surface area contributed by atoms with Crippen LogP contribution in [0.4, 0.5) is 0 Å². The quantitative estimate of drug-likeness (QED) is 0.624. The van der Waals surface area contributed by atoms with Gasteiger partial charge in [-0.2, -0.15) is 0 Å². The minimum Gasteiger partial charge on any atom is -0.507 e. The molecule has 0 aromatic heterocycles. The van der Waals surface area contributed by atoms with Gasteiger partial charge in [0.05, 0.1) is 5.56 Å². The Kier molecular flexibility index (Phi) is 2.87. The van der Waals surface area contributed by atoms with E-state index in [1.807, 2.05) is 6.07 Å². The predicted molar refractivity (Wildman–Crippen MR) is 50.7 cm³/mol. The van der Waals surface area contributed by atoms with Crippen LogP contribution in [0.3, 0.4) is 0 Å². The van der Waals surface area contributed by atoms with Crippen LogP contribution in [0.25, 0.3) is 0 Å². The lowest BCUT2D eigenvalue weighted by Gasteiger charge is -2.04. The number of carbonyl (C=O) groups excluding carboxylic acids is 1. The van der Waals surface area contributed by atoms with Crippen LogP contribution in [0, 0.1) is 0 Å². The van der Waals surface area contributed by atoms with Gasteiger partial charge in [0, 0.05) is 5.33 Å². The summed E-state index contributed by atoms with van der Waals surface area (Å²) < 4.78 is 0. The highest BCUT2D eigenvalue weighted by molar-refractivity contribution is 9.08. The lowest BCUT2D eigenvalue weighted by Crippen LogP contribution is -1.97. The van der Waals surface area contributed by atoms with E-state index in [-0.39, 0.29) is 11.5 Å². The van der Waals surface area contributed by atoms with Crippen LogP contribution >= 0.6 is 15.9 Å². The molecule has 1 N–H and O–H groups in total. The molecule has 12 heavy (non-hydrogen) atoms. The number of carbonyl (C=O) groups is 1. The first-order valence-corrected chi connectivity index (χ1v) is 4.66. The molecule has 0 aliphatic rings.